The van der Waals surface area contributed by atoms with Crippen molar-refractivity contribution < 1.29 is 0 Å². The van der Waals surface area contributed by atoms with Crippen LogP contribution in [0.15, 0.2) is 121 Å². The van der Waals surface area contributed by atoms with Gasteiger partial charge in [0.05, 0.1) is 6.57 Å². The van der Waals surface area contributed by atoms with E-state index in [1.165, 1.54) is 30.9 Å². The molecular formula is C36H20N4S. The van der Waals surface area contributed by atoms with Crippen LogP contribution in [-0.2, 0) is 0 Å². The first-order valence-corrected chi connectivity index (χ1v) is 14.1. The summed E-state index contributed by atoms with van der Waals surface area (Å²) in [5, 5.41) is 7.15. The second kappa shape index (κ2) is 9.34. The summed E-state index contributed by atoms with van der Waals surface area (Å²) in [7, 11) is 0. The molecule has 41 heavy (non-hydrogen) atoms. The summed E-state index contributed by atoms with van der Waals surface area (Å²) in [5.74, 6) is 1.83. The van der Waals surface area contributed by atoms with Crippen LogP contribution in [0.2, 0.25) is 0 Å². The molecule has 0 aliphatic carbocycles. The van der Waals surface area contributed by atoms with Gasteiger partial charge in [-0.15, -0.1) is 11.3 Å². The average Bonchev–Trinajstić information content (AvgIpc) is 3.44. The maximum Gasteiger partial charge on any atom is 0.187 e. The molecule has 0 saturated carbocycles. The molecule has 0 spiro atoms. The van der Waals surface area contributed by atoms with Crippen molar-refractivity contribution in [1.82, 2.24) is 15.0 Å². The zero-order valence-corrected chi connectivity index (χ0v) is 22.6. The lowest BCUT2D eigenvalue weighted by Crippen LogP contribution is -2.00. The lowest BCUT2D eigenvalue weighted by molar-refractivity contribution is 1.08. The molecule has 8 aromatic rings. The molecule has 0 aliphatic rings. The third-order valence-corrected chi connectivity index (χ3v) is 8.73. The number of fused-ring (bicyclic) bond motifs is 6. The lowest BCUT2D eigenvalue weighted by atomic mass is 10.0. The fourth-order valence-electron chi connectivity index (χ4n) is 5.51. The van der Waals surface area contributed by atoms with E-state index in [1.54, 1.807) is 12.1 Å². The predicted octanol–water partition coefficient (Wildman–Crippen LogP) is 10.1. The van der Waals surface area contributed by atoms with E-state index >= 15 is 0 Å². The molecule has 6 aromatic carbocycles. The van der Waals surface area contributed by atoms with Crippen molar-refractivity contribution >= 4 is 58.7 Å². The van der Waals surface area contributed by atoms with Crippen LogP contribution >= 0.6 is 11.3 Å². The molecule has 0 radical (unpaired) electrons. The normalized spacial score (nSPS) is 11.4. The van der Waals surface area contributed by atoms with Gasteiger partial charge in [-0.25, -0.2) is 19.8 Å². The van der Waals surface area contributed by atoms with Crippen molar-refractivity contribution in [3.63, 3.8) is 0 Å². The van der Waals surface area contributed by atoms with Crippen LogP contribution in [0.1, 0.15) is 0 Å². The molecule has 2 aromatic heterocycles. The predicted molar refractivity (Wildman–Crippen MR) is 170 cm³/mol. The maximum absolute atomic E-state index is 7.34. The number of nitrogens with zero attached hydrogens (tertiary/aromatic N) is 4. The van der Waals surface area contributed by atoms with Crippen LogP contribution in [0, 0.1) is 6.57 Å². The van der Waals surface area contributed by atoms with Crippen LogP contribution in [0.4, 0.5) is 5.69 Å². The number of hydrogen-bond donors (Lipinski definition) is 0. The van der Waals surface area contributed by atoms with Gasteiger partial charge < -0.3 is 0 Å². The summed E-state index contributed by atoms with van der Waals surface area (Å²) in [6, 6.07) is 41.3. The van der Waals surface area contributed by atoms with Crippen molar-refractivity contribution in [2.75, 3.05) is 0 Å². The highest BCUT2D eigenvalue weighted by molar-refractivity contribution is 7.26. The molecule has 0 amide bonds. The number of hydrogen-bond acceptors (Lipinski definition) is 4. The third kappa shape index (κ3) is 3.93. The summed E-state index contributed by atoms with van der Waals surface area (Å²) in [4.78, 5) is 18.6. The molecule has 5 heteroatoms. The van der Waals surface area contributed by atoms with Gasteiger partial charge in [0.2, 0.25) is 0 Å². The Morgan fingerprint density at radius 1 is 0.537 bits per heavy atom. The van der Waals surface area contributed by atoms with E-state index in [0.29, 0.717) is 23.2 Å². The van der Waals surface area contributed by atoms with E-state index in [9.17, 15) is 0 Å². The highest BCUT2D eigenvalue weighted by Gasteiger charge is 2.18. The number of aromatic nitrogens is 3. The fourth-order valence-corrected chi connectivity index (χ4v) is 6.77. The van der Waals surface area contributed by atoms with E-state index < -0.39 is 0 Å². The first kappa shape index (κ1) is 23.4. The van der Waals surface area contributed by atoms with Crippen molar-refractivity contribution in [1.29, 1.82) is 0 Å². The second-order valence-corrected chi connectivity index (χ2v) is 11.0. The minimum Gasteiger partial charge on any atom is -0.238 e. The van der Waals surface area contributed by atoms with Gasteiger partial charge in [0.25, 0.3) is 0 Å². The Balaban J connectivity index is 1.40. The summed E-state index contributed by atoms with van der Waals surface area (Å²) in [5.41, 5.74) is 3.34. The van der Waals surface area contributed by atoms with Crippen LogP contribution < -0.4 is 0 Å². The largest absolute Gasteiger partial charge is 0.238 e. The van der Waals surface area contributed by atoms with Crippen molar-refractivity contribution in [2.24, 2.45) is 0 Å². The van der Waals surface area contributed by atoms with Crippen LogP contribution in [0.5, 0.6) is 0 Å². The van der Waals surface area contributed by atoms with Gasteiger partial charge in [-0.05, 0) is 33.7 Å². The zero-order valence-electron chi connectivity index (χ0n) is 21.7. The Bertz CT molecular complexity index is 2330. The van der Waals surface area contributed by atoms with Gasteiger partial charge in [0.15, 0.2) is 23.2 Å². The van der Waals surface area contributed by atoms with Gasteiger partial charge in [-0.3, -0.25) is 0 Å². The second-order valence-electron chi connectivity index (χ2n) is 9.97. The molecule has 0 bridgehead atoms. The average molecular weight is 541 g/mol. The highest BCUT2D eigenvalue weighted by atomic mass is 32.1. The SMILES string of the molecule is [C-]#[N+]c1ccc(-c2nc(-c3ccc4ccccc4c3)nc(-c3cccc4sc5c6ccccc6ccc5c34)n2)cc1. The number of thiophene rings is 1. The lowest BCUT2D eigenvalue weighted by Gasteiger charge is -2.10. The van der Waals surface area contributed by atoms with Gasteiger partial charge in [0, 0.05) is 36.9 Å². The molecule has 0 fully saturated rings. The Kier molecular flexibility index (Phi) is 5.34. The van der Waals surface area contributed by atoms with E-state index in [2.05, 4.69) is 89.8 Å². The Hall–Kier alpha value is -5.44. The summed E-state index contributed by atoms with van der Waals surface area (Å²) < 4.78 is 2.47. The third-order valence-electron chi connectivity index (χ3n) is 7.53. The van der Waals surface area contributed by atoms with E-state index in [-0.39, 0.29) is 0 Å². The standard InChI is InChI=1S/C36H20N4S/c1-37-27-18-15-24(16-19-27)34-38-35(26-14-13-22-7-2-3-9-25(22)21-26)40-36(39-34)30-11-6-12-31-32(30)29-20-17-23-8-4-5-10-28(23)33(29)41-31/h2-21H. The minimum absolute atomic E-state index is 0.580. The summed E-state index contributed by atoms with van der Waals surface area (Å²) >= 11 is 1.81. The minimum atomic E-state index is 0.580. The van der Waals surface area contributed by atoms with E-state index in [0.717, 1.165) is 27.5 Å². The van der Waals surface area contributed by atoms with Gasteiger partial charge in [-0.2, -0.15) is 0 Å². The fraction of sp³-hybridized carbons (Fsp3) is 0. The van der Waals surface area contributed by atoms with E-state index in [1.807, 2.05) is 35.6 Å². The van der Waals surface area contributed by atoms with Gasteiger partial charge in [-0.1, -0.05) is 109 Å². The smallest absolute Gasteiger partial charge is 0.187 e. The molecule has 0 atom stereocenters. The first-order valence-electron chi connectivity index (χ1n) is 13.3. The number of benzene rings is 6. The van der Waals surface area contributed by atoms with Crippen LogP contribution in [-0.4, -0.2) is 15.0 Å². The van der Waals surface area contributed by atoms with Crippen molar-refractivity contribution in [2.45, 2.75) is 0 Å². The van der Waals surface area contributed by atoms with Gasteiger partial charge >= 0.3 is 0 Å². The monoisotopic (exact) mass is 540 g/mol. The topological polar surface area (TPSA) is 43.0 Å². The van der Waals surface area contributed by atoms with Crippen LogP contribution in [0.3, 0.4) is 0 Å². The maximum atomic E-state index is 7.34. The van der Waals surface area contributed by atoms with E-state index in [4.69, 9.17) is 21.5 Å². The molecule has 4 nitrogen and oxygen atoms in total. The Morgan fingerprint density at radius 3 is 2.05 bits per heavy atom. The first-order chi connectivity index (χ1) is 20.2. The van der Waals surface area contributed by atoms with Crippen LogP contribution in [0.25, 0.3) is 80.7 Å². The summed E-state index contributed by atoms with van der Waals surface area (Å²) in [6.45, 7) is 7.34. The van der Waals surface area contributed by atoms with Crippen molar-refractivity contribution in [3.05, 3.63) is 133 Å². The highest BCUT2D eigenvalue weighted by Crippen LogP contribution is 2.42. The number of rotatable bonds is 3. The molecule has 0 N–H and O–H groups in total. The summed E-state index contributed by atoms with van der Waals surface area (Å²) in [6.07, 6.45) is 0. The molecular weight excluding hydrogens is 520 g/mol. The molecule has 0 unspecified atom stereocenters. The van der Waals surface area contributed by atoms with Crippen molar-refractivity contribution in [3.8, 4) is 34.2 Å². The molecule has 0 aliphatic heterocycles. The quantitative estimate of drug-likeness (QED) is 0.209. The molecule has 8 rings (SSSR count). The Morgan fingerprint density at radius 2 is 1.22 bits per heavy atom. The zero-order chi connectivity index (χ0) is 27.3. The van der Waals surface area contributed by atoms with Gasteiger partial charge in [0.1, 0.15) is 0 Å². The Labute approximate surface area is 240 Å². The molecule has 190 valence electrons. The molecule has 2 heterocycles. The molecule has 0 saturated heterocycles.